The van der Waals surface area contributed by atoms with Gasteiger partial charge in [-0.3, -0.25) is 14.7 Å². The van der Waals surface area contributed by atoms with Gasteiger partial charge in [0.25, 0.3) is 11.8 Å². The first-order valence-electron chi connectivity index (χ1n) is 9.43. The molecular weight excluding hydrogens is 389 g/mol. The summed E-state index contributed by atoms with van der Waals surface area (Å²) in [5, 5.41) is 9.78. The van der Waals surface area contributed by atoms with E-state index in [9.17, 15) is 14.0 Å². The molecule has 1 aromatic carbocycles. The summed E-state index contributed by atoms with van der Waals surface area (Å²) < 4.78 is 18.4. The lowest BCUT2D eigenvalue weighted by atomic mass is 10.0. The van der Waals surface area contributed by atoms with Crippen molar-refractivity contribution in [2.45, 2.75) is 19.5 Å². The van der Waals surface area contributed by atoms with Crippen LogP contribution in [0.5, 0.6) is 5.88 Å². The minimum absolute atomic E-state index is 0.145. The van der Waals surface area contributed by atoms with Crippen molar-refractivity contribution in [2.24, 2.45) is 0 Å². The molecule has 0 spiro atoms. The van der Waals surface area contributed by atoms with Crippen molar-refractivity contribution in [2.75, 3.05) is 13.7 Å². The molecule has 0 saturated carbocycles. The Balaban J connectivity index is 1.43. The van der Waals surface area contributed by atoms with Crippen LogP contribution in [-0.2, 0) is 19.5 Å². The summed E-state index contributed by atoms with van der Waals surface area (Å²) in [6.07, 6.45) is 2.03. The maximum absolute atomic E-state index is 13.3. The standard InChI is InChI=1S/C21H20FN5O3/c1-30-18-10-14(5-7-23-18)21(29)27-8-6-16-17(12-27)25-26-19(16)20(28)24-11-13-3-2-4-15(22)9-13/h2-5,7,9-10H,6,8,11-12H2,1H3,(H,24,28)(H,25,26). The van der Waals surface area contributed by atoms with Gasteiger partial charge in [-0.15, -0.1) is 0 Å². The third kappa shape index (κ3) is 4.00. The average molecular weight is 409 g/mol. The Kier molecular flexibility index (Phi) is 5.42. The van der Waals surface area contributed by atoms with Gasteiger partial charge in [0.2, 0.25) is 5.88 Å². The predicted molar refractivity (Wildman–Crippen MR) is 105 cm³/mol. The van der Waals surface area contributed by atoms with Crippen molar-refractivity contribution in [1.29, 1.82) is 0 Å². The summed E-state index contributed by atoms with van der Waals surface area (Å²) in [5.41, 5.74) is 2.98. The Morgan fingerprint density at radius 3 is 2.97 bits per heavy atom. The normalized spacial score (nSPS) is 12.9. The van der Waals surface area contributed by atoms with Crippen molar-refractivity contribution < 1.29 is 18.7 Å². The minimum Gasteiger partial charge on any atom is -0.481 e. The molecule has 2 N–H and O–H groups in total. The van der Waals surface area contributed by atoms with E-state index in [0.717, 1.165) is 11.3 Å². The molecular formula is C21H20FN5O3. The zero-order chi connectivity index (χ0) is 21.1. The summed E-state index contributed by atoms with van der Waals surface area (Å²) in [7, 11) is 1.50. The number of aromatic nitrogens is 3. The van der Waals surface area contributed by atoms with Crippen LogP contribution in [0.25, 0.3) is 0 Å². The molecule has 0 fully saturated rings. The monoisotopic (exact) mass is 409 g/mol. The molecule has 2 amide bonds. The second-order valence-corrected chi connectivity index (χ2v) is 6.91. The summed E-state index contributed by atoms with van der Waals surface area (Å²) in [5.74, 6) is -0.462. The predicted octanol–water partition coefficient (Wildman–Crippen LogP) is 2.08. The third-order valence-corrected chi connectivity index (χ3v) is 4.97. The maximum atomic E-state index is 13.3. The fourth-order valence-corrected chi connectivity index (χ4v) is 3.43. The Morgan fingerprint density at radius 2 is 2.17 bits per heavy atom. The molecule has 9 heteroatoms. The number of H-pyrrole nitrogens is 1. The molecule has 4 rings (SSSR count). The van der Waals surface area contributed by atoms with E-state index < -0.39 is 0 Å². The molecule has 2 aromatic heterocycles. The van der Waals surface area contributed by atoms with Gasteiger partial charge < -0.3 is 15.0 Å². The van der Waals surface area contributed by atoms with E-state index in [4.69, 9.17) is 4.74 Å². The second-order valence-electron chi connectivity index (χ2n) is 6.91. The number of nitrogens with one attached hydrogen (secondary N) is 2. The third-order valence-electron chi connectivity index (χ3n) is 4.97. The lowest BCUT2D eigenvalue weighted by Crippen LogP contribution is -2.36. The molecule has 0 radical (unpaired) electrons. The fraction of sp³-hybridized carbons (Fsp3) is 0.238. The van der Waals surface area contributed by atoms with E-state index in [2.05, 4.69) is 20.5 Å². The van der Waals surface area contributed by atoms with Crippen LogP contribution in [0.15, 0.2) is 42.6 Å². The Labute approximate surface area is 172 Å². The van der Waals surface area contributed by atoms with Crippen molar-refractivity contribution in [1.82, 2.24) is 25.4 Å². The average Bonchev–Trinajstić information content (AvgIpc) is 3.20. The number of ether oxygens (including phenoxy) is 1. The number of carbonyl (C=O) groups is 2. The fourth-order valence-electron chi connectivity index (χ4n) is 3.43. The smallest absolute Gasteiger partial charge is 0.272 e. The number of benzene rings is 1. The summed E-state index contributed by atoms with van der Waals surface area (Å²) in [4.78, 5) is 31.1. The van der Waals surface area contributed by atoms with Crippen molar-refractivity contribution >= 4 is 11.8 Å². The highest BCUT2D eigenvalue weighted by atomic mass is 19.1. The van der Waals surface area contributed by atoms with Gasteiger partial charge >= 0.3 is 0 Å². The van der Waals surface area contributed by atoms with Crippen LogP contribution in [-0.4, -0.2) is 45.6 Å². The SMILES string of the molecule is COc1cc(C(=O)N2CCc3c(C(=O)NCc4cccc(F)c4)n[nH]c3C2)ccn1. The maximum Gasteiger partial charge on any atom is 0.272 e. The second kappa shape index (κ2) is 8.32. The topological polar surface area (TPSA) is 100 Å². The molecule has 3 heterocycles. The Hall–Kier alpha value is -3.75. The number of aromatic amines is 1. The van der Waals surface area contributed by atoms with Gasteiger partial charge in [-0.1, -0.05) is 12.1 Å². The molecule has 3 aromatic rings. The van der Waals surface area contributed by atoms with Gasteiger partial charge in [-0.25, -0.2) is 9.37 Å². The summed E-state index contributed by atoms with van der Waals surface area (Å²) >= 11 is 0. The molecule has 1 aliphatic rings. The van der Waals surface area contributed by atoms with Gasteiger partial charge in [-0.2, -0.15) is 5.10 Å². The van der Waals surface area contributed by atoms with Crippen LogP contribution in [0.3, 0.4) is 0 Å². The Morgan fingerprint density at radius 1 is 1.30 bits per heavy atom. The highest BCUT2D eigenvalue weighted by molar-refractivity contribution is 5.95. The van der Waals surface area contributed by atoms with Gasteiger partial charge in [0.05, 0.1) is 19.3 Å². The minimum atomic E-state index is -0.351. The molecule has 0 atom stereocenters. The van der Waals surface area contributed by atoms with Crippen LogP contribution in [0.1, 0.15) is 37.7 Å². The number of halogens is 1. The van der Waals surface area contributed by atoms with Gasteiger partial charge in [0, 0.05) is 36.5 Å². The number of hydrogen-bond acceptors (Lipinski definition) is 5. The van der Waals surface area contributed by atoms with E-state index in [-0.39, 0.29) is 24.2 Å². The van der Waals surface area contributed by atoms with Crippen molar-refractivity contribution in [3.63, 3.8) is 0 Å². The molecule has 1 aliphatic heterocycles. The first kappa shape index (κ1) is 19.6. The summed E-state index contributed by atoms with van der Waals surface area (Å²) in [6.45, 7) is 0.982. The number of carbonyl (C=O) groups excluding carboxylic acids is 2. The van der Waals surface area contributed by atoms with Crippen LogP contribution in [0.4, 0.5) is 4.39 Å². The number of methoxy groups -OCH3 is 1. The van der Waals surface area contributed by atoms with E-state index in [1.807, 2.05) is 0 Å². The molecule has 0 unspecified atom stereocenters. The molecule has 0 saturated heterocycles. The summed E-state index contributed by atoms with van der Waals surface area (Å²) in [6, 6.07) is 9.29. The van der Waals surface area contributed by atoms with Crippen LogP contribution in [0, 0.1) is 5.82 Å². The number of hydrogen-bond donors (Lipinski definition) is 2. The van der Waals surface area contributed by atoms with E-state index in [1.54, 1.807) is 29.2 Å². The van der Waals surface area contributed by atoms with Crippen LogP contribution >= 0.6 is 0 Å². The van der Waals surface area contributed by atoms with E-state index >= 15 is 0 Å². The number of rotatable bonds is 5. The number of fused-ring (bicyclic) bond motifs is 1. The van der Waals surface area contributed by atoms with Gasteiger partial charge in [-0.05, 0) is 30.2 Å². The lowest BCUT2D eigenvalue weighted by molar-refractivity contribution is 0.0732. The lowest BCUT2D eigenvalue weighted by Gasteiger charge is -2.27. The molecule has 30 heavy (non-hydrogen) atoms. The highest BCUT2D eigenvalue weighted by Gasteiger charge is 2.28. The number of pyridine rings is 1. The van der Waals surface area contributed by atoms with Crippen LogP contribution < -0.4 is 10.1 Å². The number of nitrogens with zero attached hydrogens (tertiary/aromatic N) is 3. The first-order valence-corrected chi connectivity index (χ1v) is 9.43. The van der Waals surface area contributed by atoms with Gasteiger partial charge in [0.1, 0.15) is 5.82 Å². The largest absolute Gasteiger partial charge is 0.481 e. The Bertz CT molecular complexity index is 1100. The van der Waals surface area contributed by atoms with E-state index in [0.29, 0.717) is 42.2 Å². The zero-order valence-corrected chi connectivity index (χ0v) is 16.3. The van der Waals surface area contributed by atoms with Crippen molar-refractivity contribution in [3.8, 4) is 5.88 Å². The number of amides is 2. The van der Waals surface area contributed by atoms with Crippen molar-refractivity contribution in [3.05, 3.63) is 76.5 Å². The molecule has 0 aliphatic carbocycles. The molecule has 8 nitrogen and oxygen atoms in total. The molecule has 154 valence electrons. The molecule has 0 bridgehead atoms. The van der Waals surface area contributed by atoms with Gasteiger partial charge in [0.15, 0.2) is 5.69 Å². The quantitative estimate of drug-likeness (QED) is 0.672. The van der Waals surface area contributed by atoms with E-state index in [1.165, 1.54) is 25.4 Å². The highest BCUT2D eigenvalue weighted by Crippen LogP contribution is 2.22. The zero-order valence-electron chi connectivity index (χ0n) is 16.3. The van der Waals surface area contributed by atoms with Crippen LogP contribution in [0.2, 0.25) is 0 Å². The first-order chi connectivity index (χ1) is 14.5.